The minimum Gasteiger partial charge on any atom is -0.342 e. The van der Waals surface area contributed by atoms with Crippen LogP contribution in [0.25, 0.3) is 0 Å². The van der Waals surface area contributed by atoms with Crippen LogP contribution in [0.4, 0.5) is 5.69 Å². The lowest BCUT2D eigenvalue weighted by molar-refractivity contribution is -0.113. The van der Waals surface area contributed by atoms with E-state index in [1.54, 1.807) is 6.08 Å². The fourth-order valence-electron chi connectivity index (χ4n) is 3.66. The van der Waals surface area contributed by atoms with Crippen LogP contribution < -0.4 is 10.6 Å². The van der Waals surface area contributed by atoms with Gasteiger partial charge >= 0.3 is 0 Å². The summed E-state index contributed by atoms with van der Waals surface area (Å²) in [6.45, 7) is 12.4. The van der Waals surface area contributed by atoms with Gasteiger partial charge in [-0.25, -0.2) is 0 Å². The Labute approximate surface area is 211 Å². The van der Waals surface area contributed by atoms with Crippen molar-refractivity contribution in [2.75, 3.05) is 11.1 Å². The van der Waals surface area contributed by atoms with Crippen LogP contribution in [-0.2, 0) is 17.8 Å². The van der Waals surface area contributed by atoms with E-state index in [-0.39, 0.29) is 29.5 Å². The number of para-hydroxylation sites is 1. The number of carbonyl (C=O) groups excluding carboxylic acids is 2. The van der Waals surface area contributed by atoms with Crippen molar-refractivity contribution in [2.45, 2.75) is 51.9 Å². The number of rotatable bonds is 11. The maximum absolute atomic E-state index is 12.9. The summed E-state index contributed by atoms with van der Waals surface area (Å²) in [6.07, 6.45) is 2.60. The first-order valence-electron chi connectivity index (χ1n) is 11.8. The lowest BCUT2D eigenvalue weighted by Gasteiger charge is -2.22. The number of benzene rings is 2. The van der Waals surface area contributed by atoms with E-state index in [0.717, 1.165) is 23.2 Å². The van der Waals surface area contributed by atoms with Crippen molar-refractivity contribution in [1.29, 1.82) is 0 Å². The van der Waals surface area contributed by atoms with Crippen LogP contribution in [-0.4, -0.2) is 32.3 Å². The third-order valence-corrected chi connectivity index (χ3v) is 6.57. The molecule has 0 radical (unpaired) electrons. The van der Waals surface area contributed by atoms with E-state index in [4.69, 9.17) is 0 Å². The van der Waals surface area contributed by atoms with Crippen LogP contribution >= 0.6 is 11.8 Å². The van der Waals surface area contributed by atoms with Crippen LogP contribution in [0.15, 0.2) is 66.3 Å². The Kier molecular flexibility index (Phi) is 9.25. The minimum atomic E-state index is -0.351. The van der Waals surface area contributed by atoms with Gasteiger partial charge in [0.05, 0.1) is 11.8 Å². The number of amides is 2. The van der Waals surface area contributed by atoms with Crippen molar-refractivity contribution < 1.29 is 9.59 Å². The summed E-state index contributed by atoms with van der Waals surface area (Å²) < 4.78 is 1.91. The van der Waals surface area contributed by atoms with Gasteiger partial charge < -0.3 is 15.2 Å². The average Bonchev–Trinajstić information content (AvgIpc) is 3.24. The topological polar surface area (TPSA) is 88.9 Å². The van der Waals surface area contributed by atoms with Crippen molar-refractivity contribution >= 4 is 29.3 Å². The first kappa shape index (κ1) is 26.2. The zero-order valence-corrected chi connectivity index (χ0v) is 21.6. The van der Waals surface area contributed by atoms with Crippen LogP contribution in [0, 0.1) is 12.8 Å². The Hall–Kier alpha value is -3.39. The summed E-state index contributed by atoms with van der Waals surface area (Å²) in [5, 5.41) is 15.4. The van der Waals surface area contributed by atoms with E-state index in [1.807, 2.05) is 73.9 Å². The number of hydrogen-bond donors (Lipinski definition) is 2. The van der Waals surface area contributed by atoms with Gasteiger partial charge in [-0.1, -0.05) is 74.5 Å². The van der Waals surface area contributed by atoms with Crippen molar-refractivity contribution in [3.05, 3.63) is 83.7 Å². The number of anilines is 1. The zero-order chi connectivity index (χ0) is 25.4. The molecule has 3 rings (SSSR count). The Bertz CT molecular complexity index is 1170. The average molecular weight is 492 g/mol. The first-order valence-corrected chi connectivity index (χ1v) is 12.7. The Morgan fingerprint density at radius 2 is 1.83 bits per heavy atom. The summed E-state index contributed by atoms with van der Waals surface area (Å²) in [4.78, 5) is 25.5. The highest BCUT2D eigenvalue weighted by atomic mass is 32.2. The van der Waals surface area contributed by atoms with Crippen LogP contribution in [0.3, 0.4) is 0 Å². The van der Waals surface area contributed by atoms with Gasteiger partial charge in [0.1, 0.15) is 0 Å². The molecule has 3 aromatic rings. The zero-order valence-electron chi connectivity index (χ0n) is 20.7. The van der Waals surface area contributed by atoms with E-state index < -0.39 is 0 Å². The molecule has 0 saturated heterocycles. The van der Waals surface area contributed by atoms with Crippen LogP contribution in [0.2, 0.25) is 0 Å². The molecule has 8 heteroatoms. The third kappa shape index (κ3) is 6.82. The molecule has 35 heavy (non-hydrogen) atoms. The van der Waals surface area contributed by atoms with Crippen LogP contribution in [0.1, 0.15) is 54.1 Å². The monoisotopic (exact) mass is 491 g/mol. The number of hydrogen-bond acceptors (Lipinski definition) is 5. The normalized spacial score (nSPS) is 11.8. The number of thioether (sulfide) groups is 1. The lowest BCUT2D eigenvalue weighted by atomic mass is 10.0. The molecule has 7 nitrogen and oxygen atoms in total. The highest BCUT2D eigenvalue weighted by Crippen LogP contribution is 2.26. The minimum absolute atomic E-state index is 0.0730. The van der Waals surface area contributed by atoms with E-state index in [1.165, 1.54) is 11.8 Å². The molecular formula is C27H33N5O2S. The second-order valence-electron chi connectivity index (χ2n) is 8.65. The fraction of sp³-hybridized carbons (Fsp3) is 0.333. The van der Waals surface area contributed by atoms with Crippen molar-refractivity contribution in [1.82, 2.24) is 20.1 Å². The lowest BCUT2D eigenvalue weighted by Crippen LogP contribution is -2.33. The summed E-state index contributed by atoms with van der Waals surface area (Å²) in [5.74, 6) is 0.622. The molecule has 0 fully saturated rings. The van der Waals surface area contributed by atoms with Crippen molar-refractivity contribution in [3.8, 4) is 0 Å². The van der Waals surface area contributed by atoms with Gasteiger partial charge in [-0.3, -0.25) is 9.59 Å². The molecule has 0 bridgehead atoms. The van der Waals surface area contributed by atoms with Gasteiger partial charge in [-0.2, -0.15) is 0 Å². The highest BCUT2D eigenvalue weighted by Gasteiger charge is 2.26. The van der Waals surface area contributed by atoms with Gasteiger partial charge in [0.15, 0.2) is 11.0 Å². The second-order valence-corrected chi connectivity index (χ2v) is 9.59. The Morgan fingerprint density at radius 1 is 1.11 bits per heavy atom. The fourth-order valence-corrected chi connectivity index (χ4v) is 4.42. The largest absolute Gasteiger partial charge is 0.342 e. The van der Waals surface area contributed by atoms with Gasteiger partial charge in [-0.05, 0) is 43.0 Å². The van der Waals surface area contributed by atoms with Gasteiger partial charge in [-0.15, -0.1) is 16.8 Å². The number of carbonyl (C=O) groups is 2. The molecule has 0 spiro atoms. The van der Waals surface area contributed by atoms with E-state index in [0.29, 0.717) is 23.1 Å². The van der Waals surface area contributed by atoms with E-state index in [2.05, 4.69) is 34.3 Å². The van der Waals surface area contributed by atoms with Gasteiger partial charge in [0, 0.05) is 17.8 Å². The van der Waals surface area contributed by atoms with E-state index in [9.17, 15) is 9.59 Å². The number of allylic oxidation sites excluding steroid dienone is 1. The molecule has 0 aliphatic carbocycles. The van der Waals surface area contributed by atoms with Crippen LogP contribution in [0.5, 0.6) is 0 Å². The molecule has 1 heterocycles. The maximum Gasteiger partial charge on any atom is 0.251 e. The molecular weight excluding hydrogens is 458 g/mol. The molecule has 2 N–H and O–H groups in total. The number of aryl methyl sites for hydroxylation is 2. The molecule has 0 saturated carbocycles. The number of aromatic nitrogens is 3. The SMILES string of the molecule is C=CCn1c(SCC(=O)Nc2ccccc2CC)nnc1[C@H](NC(=O)c1ccc(C)cc1)C(C)C. The summed E-state index contributed by atoms with van der Waals surface area (Å²) in [7, 11) is 0. The quantitative estimate of drug-likeness (QED) is 0.285. The van der Waals surface area contributed by atoms with Crippen molar-refractivity contribution in [2.24, 2.45) is 5.92 Å². The van der Waals surface area contributed by atoms with Crippen molar-refractivity contribution in [3.63, 3.8) is 0 Å². The van der Waals surface area contributed by atoms with Gasteiger partial charge in [0.2, 0.25) is 5.91 Å². The molecule has 0 aliphatic rings. The molecule has 1 atom stereocenters. The molecule has 184 valence electrons. The Balaban J connectivity index is 1.75. The number of nitrogens with one attached hydrogen (secondary N) is 2. The summed E-state index contributed by atoms with van der Waals surface area (Å²) in [6, 6.07) is 14.9. The third-order valence-electron chi connectivity index (χ3n) is 5.61. The van der Waals surface area contributed by atoms with Gasteiger partial charge in [0.25, 0.3) is 5.91 Å². The molecule has 2 aromatic carbocycles. The summed E-state index contributed by atoms with van der Waals surface area (Å²) in [5.41, 5.74) is 3.60. The first-order chi connectivity index (χ1) is 16.8. The predicted octanol–water partition coefficient (Wildman–Crippen LogP) is 5.19. The predicted molar refractivity (Wildman–Crippen MR) is 142 cm³/mol. The van der Waals surface area contributed by atoms with E-state index >= 15 is 0 Å². The standard InChI is InChI=1S/C27H33N5O2S/c1-6-16-32-25(24(18(3)4)29-26(34)21-14-12-19(5)13-15-21)30-31-27(32)35-17-23(33)28-22-11-9-8-10-20(22)7-2/h6,8-15,18,24H,1,7,16-17H2,2-5H3,(H,28,33)(H,29,34)/t24-/m1/s1. The maximum atomic E-state index is 12.9. The number of nitrogens with zero attached hydrogens (tertiary/aromatic N) is 3. The molecule has 0 aliphatic heterocycles. The second kappa shape index (κ2) is 12.4. The smallest absolute Gasteiger partial charge is 0.251 e. The highest BCUT2D eigenvalue weighted by molar-refractivity contribution is 7.99. The summed E-state index contributed by atoms with van der Waals surface area (Å²) >= 11 is 1.31. The molecule has 1 aromatic heterocycles. The molecule has 0 unspecified atom stereocenters. The molecule has 2 amide bonds. The Morgan fingerprint density at radius 3 is 2.49 bits per heavy atom.